The summed E-state index contributed by atoms with van der Waals surface area (Å²) in [6, 6.07) is 0. The zero-order valence-electron chi connectivity index (χ0n) is 19.6. The van der Waals surface area contributed by atoms with Crippen molar-refractivity contribution < 1.29 is 0 Å². The molecule has 0 aromatic rings. The first-order chi connectivity index (χ1) is 13.5. The van der Waals surface area contributed by atoms with Gasteiger partial charge in [0.15, 0.2) is 0 Å². The van der Waals surface area contributed by atoms with E-state index in [9.17, 15) is 0 Å². The Bertz CT molecular complexity index is 558. The van der Waals surface area contributed by atoms with Crippen LogP contribution in [-0.2, 0) is 0 Å². The fraction of sp³-hybridized carbons (Fsp3) is 0.929. The topological polar surface area (TPSA) is 0 Å². The van der Waals surface area contributed by atoms with Gasteiger partial charge < -0.3 is 0 Å². The number of hydrogen-bond donors (Lipinski definition) is 0. The van der Waals surface area contributed by atoms with Crippen molar-refractivity contribution >= 4 is 0 Å². The summed E-state index contributed by atoms with van der Waals surface area (Å²) < 4.78 is 0. The van der Waals surface area contributed by atoms with Gasteiger partial charge >= 0.3 is 0 Å². The molecular formula is C28H48. The molecule has 0 radical (unpaired) electrons. The van der Waals surface area contributed by atoms with E-state index in [1.54, 1.807) is 12.8 Å². The van der Waals surface area contributed by atoms with Crippen molar-refractivity contribution in [3.8, 4) is 0 Å². The molecule has 7 unspecified atom stereocenters. The smallest absolute Gasteiger partial charge is 0.00851 e. The normalized spacial score (nSPS) is 45.1. The molecule has 0 spiro atoms. The Morgan fingerprint density at radius 1 is 0.857 bits per heavy atom. The zero-order chi connectivity index (χ0) is 19.8. The molecule has 160 valence electrons. The Balaban J connectivity index is 1.39. The molecule has 28 heavy (non-hydrogen) atoms. The van der Waals surface area contributed by atoms with E-state index in [0.29, 0.717) is 10.8 Å². The maximum Gasteiger partial charge on any atom is -0.00851 e. The summed E-state index contributed by atoms with van der Waals surface area (Å²) in [7, 11) is 0. The molecule has 4 aliphatic carbocycles. The van der Waals surface area contributed by atoms with Crippen LogP contribution in [0, 0.1) is 40.4 Å². The lowest BCUT2D eigenvalue weighted by Gasteiger charge is -2.58. The van der Waals surface area contributed by atoms with Crippen molar-refractivity contribution in [3.05, 3.63) is 11.6 Å². The molecule has 0 nitrogen and oxygen atoms in total. The third-order valence-corrected chi connectivity index (χ3v) is 10.4. The maximum absolute atomic E-state index is 2.74. The van der Waals surface area contributed by atoms with Crippen molar-refractivity contribution in [1.29, 1.82) is 0 Å². The lowest BCUT2D eigenvalue weighted by atomic mass is 9.46. The molecule has 0 N–H and O–H groups in total. The highest BCUT2D eigenvalue weighted by Crippen LogP contribution is 2.67. The molecule has 0 aromatic carbocycles. The monoisotopic (exact) mass is 384 g/mol. The van der Waals surface area contributed by atoms with Crippen LogP contribution in [0.3, 0.4) is 0 Å². The van der Waals surface area contributed by atoms with Gasteiger partial charge in [0.2, 0.25) is 0 Å². The number of allylic oxidation sites excluding steroid dienone is 2. The van der Waals surface area contributed by atoms with Gasteiger partial charge in [-0.1, -0.05) is 77.9 Å². The van der Waals surface area contributed by atoms with Gasteiger partial charge in [-0.3, -0.25) is 0 Å². The van der Waals surface area contributed by atoms with Crippen molar-refractivity contribution in [2.75, 3.05) is 0 Å². The summed E-state index contributed by atoms with van der Waals surface area (Å²) in [6.45, 7) is 10.2. The van der Waals surface area contributed by atoms with Gasteiger partial charge in [-0.15, -0.1) is 0 Å². The Hall–Kier alpha value is -0.260. The third kappa shape index (κ3) is 3.65. The standard InChI is InChI=1S/C28H48/c1-5-6-7-8-9-10-11-22-13-15-25-24-14-12-23-20-21(2)16-18-28(23,4)26(24)17-19-27(22,25)3/h20-22,24-26H,5-19H2,1-4H3. The van der Waals surface area contributed by atoms with Crippen LogP contribution in [-0.4, -0.2) is 0 Å². The fourth-order valence-electron chi connectivity index (χ4n) is 8.65. The highest BCUT2D eigenvalue weighted by atomic mass is 14.6. The lowest BCUT2D eigenvalue weighted by molar-refractivity contribution is -0.0537. The van der Waals surface area contributed by atoms with Crippen LogP contribution in [0.15, 0.2) is 11.6 Å². The van der Waals surface area contributed by atoms with Crippen LogP contribution in [0.4, 0.5) is 0 Å². The van der Waals surface area contributed by atoms with Crippen LogP contribution in [0.25, 0.3) is 0 Å². The predicted octanol–water partition coefficient (Wildman–Crippen LogP) is 8.95. The highest BCUT2D eigenvalue weighted by Gasteiger charge is 2.58. The van der Waals surface area contributed by atoms with Crippen LogP contribution < -0.4 is 0 Å². The minimum atomic E-state index is 0.564. The van der Waals surface area contributed by atoms with Crippen LogP contribution >= 0.6 is 0 Å². The summed E-state index contributed by atoms with van der Waals surface area (Å²) in [6.07, 6.45) is 25.1. The first-order valence-corrected chi connectivity index (χ1v) is 13.2. The van der Waals surface area contributed by atoms with Crippen LogP contribution in [0.5, 0.6) is 0 Å². The third-order valence-electron chi connectivity index (χ3n) is 10.4. The molecule has 0 heteroatoms. The zero-order valence-corrected chi connectivity index (χ0v) is 19.6. The van der Waals surface area contributed by atoms with E-state index >= 15 is 0 Å². The van der Waals surface area contributed by atoms with Crippen LogP contribution in [0.2, 0.25) is 0 Å². The van der Waals surface area contributed by atoms with E-state index < -0.39 is 0 Å². The molecule has 7 atom stereocenters. The Labute approximate surface area is 176 Å². The summed E-state index contributed by atoms with van der Waals surface area (Å²) in [5.41, 5.74) is 3.12. The quantitative estimate of drug-likeness (QED) is 0.303. The number of rotatable bonds is 7. The predicted molar refractivity (Wildman–Crippen MR) is 122 cm³/mol. The van der Waals surface area contributed by atoms with Gasteiger partial charge in [0, 0.05) is 0 Å². The second-order valence-corrected chi connectivity index (χ2v) is 11.9. The lowest BCUT2D eigenvalue weighted by Crippen LogP contribution is -2.50. The van der Waals surface area contributed by atoms with Crippen molar-refractivity contribution in [2.45, 2.75) is 124 Å². The fourth-order valence-corrected chi connectivity index (χ4v) is 8.65. The molecule has 0 heterocycles. The molecule has 4 aliphatic rings. The molecule has 0 amide bonds. The number of unbranched alkanes of at least 4 members (excludes halogenated alkanes) is 5. The van der Waals surface area contributed by atoms with Crippen molar-refractivity contribution in [2.24, 2.45) is 40.4 Å². The Morgan fingerprint density at radius 2 is 1.64 bits per heavy atom. The van der Waals surface area contributed by atoms with Gasteiger partial charge in [0.05, 0.1) is 0 Å². The molecule has 0 aliphatic heterocycles. The van der Waals surface area contributed by atoms with Gasteiger partial charge in [-0.2, -0.15) is 0 Å². The Kier molecular flexibility index (Phi) is 6.35. The average molecular weight is 385 g/mol. The van der Waals surface area contributed by atoms with Crippen molar-refractivity contribution in [3.63, 3.8) is 0 Å². The summed E-state index contributed by atoms with van der Waals surface area (Å²) in [4.78, 5) is 0. The first kappa shape index (κ1) is 21.0. The Morgan fingerprint density at radius 3 is 2.46 bits per heavy atom. The molecular weight excluding hydrogens is 336 g/mol. The minimum absolute atomic E-state index is 0.564. The van der Waals surface area contributed by atoms with Crippen molar-refractivity contribution in [1.82, 2.24) is 0 Å². The van der Waals surface area contributed by atoms with Gasteiger partial charge in [0.1, 0.15) is 0 Å². The van der Waals surface area contributed by atoms with Gasteiger partial charge in [-0.05, 0) is 98.2 Å². The highest BCUT2D eigenvalue weighted by molar-refractivity contribution is 5.24. The van der Waals surface area contributed by atoms with Crippen LogP contribution in [0.1, 0.15) is 124 Å². The van der Waals surface area contributed by atoms with E-state index in [-0.39, 0.29) is 0 Å². The average Bonchev–Trinajstić information content (AvgIpc) is 3.01. The van der Waals surface area contributed by atoms with E-state index in [4.69, 9.17) is 0 Å². The number of fused-ring (bicyclic) bond motifs is 5. The van der Waals surface area contributed by atoms with E-state index in [2.05, 4.69) is 33.8 Å². The first-order valence-electron chi connectivity index (χ1n) is 13.2. The second-order valence-electron chi connectivity index (χ2n) is 11.9. The van der Waals surface area contributed by atoms with Gasteiger partial charge in [0.25, 0.3) is 0 Å². The molecule has 0 saturated heterocycles. The van der Waals surface area contributed by atoms with E-state index in [1.807, 2.05) is 5.57 Å². The summed E-state index contributed by atoms with van der Waals surface area (Å²) in [5, 5.41) is 0. The van der Waals surface area contributed by atoms with E-state index in [1.165, 1.54) is 83.5 Å². The minimum Gasteiger partial charge on any atom is -0.0819 e. The second kappa shape index (κ2) is 8.47. The summed E-state index contributed by atoms with van der Waals surface area (Å²) in [5.74, 6) is 4.98. The van der Waals surface area contributed by atoms with E-state index in [0.717, 1.165) is 29.6 Å². The SMILES string of the molecule is CCCCCCCCC1CCC2C3CCC4=CC(C)CCC4(C)C3CCC12C. The largest absolute Gasteiger partial charge is 0.0819 e. The summed E-state index contributed by atoms with van der Waals surface area (Å²) >= 11 is 0. The maximum atomic E-state index is 2.74. The molecule has 3 saturated carbocycles. The molecule has 0 aromatic heterocycles. The number of hydrogen-bond acceptors (Lipinski definition) is 0. The molecule has 0 bridgehead atoms. The molecule has 3 fully saturated rings. The van der Waals surface area contributed by atoms with Gasteiger partial charge in [-0.25, -0.2) is 0 Å². The molecule has 4 rings (SSSR count).